The maximum Gasteiger partial charge on any atom is 0.394 e. The number of hydrogen-bond acceptors (Lipinski definition) is 7. The van der Waals surface area contributed by atoms with Crippen LogP contribution in [0, 0.1) is 0 Å². The minimum atomic E-state index is -4.67. The van der Waals surface area contributed by atoms with Crippen LogP contribution in [0.2, 0.25) is 0 Å². The summed E-state index contributed by atoms with van der Waals surface area (Å²) in [6, 6.07) is 5.62. The molecule has 5 N–H and O–H groups in total. The van der Waals surface area contributed by atoms with E-state index in [0.29, 0.717) is 0 Å². The van der Waals surface area contributed by atoms with E-state index in [9.17, 15) is 0 Å². The lowest BCUT2D eigenvalue weighted by molar-refractivity contribution is 0.311. The van der Waals surface area contributed by atoms with E-state index in [1.807, 2.05) is 18.2 Å². The Balaban J connectivity index is 0.000000280. The van der Waals surface area contributed by atoms with Crippen LogP contribution < -0.4 is 5.90 Å². The molecule has 0 aliphatic heterocycles. The molecule has 0 saturated heterocycles. The van der Waals surface area contributed by atoms with Crippen molar-refractivity contribution in [3.05, 3.63) is 24.4 Å². The number of aromatic nitrogens is 4. The van der Waals surface area contributed by atoms with Gasteiger partial charge in [0.1, 0.15) is 0 Å². The number of fused-ring (bicyclic) bond motifs is 1. The molecule has 0 fully saturated rings. The van der Waals surface area contributed by atoms with Crippen LogP contribution in [0.4, 0.5) is 0 Å². The molecule has 0 amide bonds. The number of tetrazole rings is 1. The van der Waals surface area contributed by atoms with E-state index < -0.39 is 10.4 Å². The topological polar surface area (TPSA) is 164 Å². The molecule has 16 heavy (non-hydrogen) atoms. The molecule has 2 rings (SSSR count). The molecule has 90 valence electrons. The highest BCUT2D eigenvalue weighted by atomic mass is 32.3. The summed E-state index contributed by atoms with van der Waals surface area (Å²) in [5.41, 5.74) is 0.775. The zero-order chi connectivity index (χ0) is 12.6. The first-order chi connectivity index (χ1) is 7.47. The molecule has 2 aromatic rings. The average molecular weight is 251 g/mol. The Bertz CT molecular complexity index is 472. The predicted molar refractivity (Wildman–Crippen MR) is 50.9 cm³/mol. The maximum absolute atomic E-state index is 8.74. The van der Waals surface area contributed by atoms with E-state index in [1.54, 1.807) is 10.7 Å². The lowest BCUT2D eigenvalue weighted by Gasteiger charge is -1.82. The highest BCUT2D eigenvalue weighted by Crippen LogP contribution is 1.91. The molecule has 0 aromatic carbocycles. The fourth-order valence-electron chi connectivity index (χ4n) is 0.689. The zero-order valence-corrected chi connectivity index (χ0v) is 8.56. The Labute approximate surface area is 89.8 Å². The molecule has 0 unspecified atom stereocenters. The number of pyridine rings is 1. The second kappa shape index (κ2) is 6.76. The molecule has 2 aromatic heterocycles. The van der Waals surface area contributed by atoms with E-state index in [-0.39, 0.29) is 0 Å². The van der Waals surface area contributed by atoms with Gasteiger partial charge in [0.05, 0.1) is 0 Å². The van der Waals surface area contributed by atoms with E-state index in [1.165, 1.54) is 0 Å². The van der Waals surface area contributed by atoms with Gasteiger partial charge in [0.15, 0.2) is 5.65 Å². The fourth-order valence-corrected chi connectivity index (χ4v) is 0.689. The van der Waals surface area contributed by atoms with Gasteiger partial charge < -0.3 is 5.21 Å². The van der Waals surface area contributed by atoms with Gasteiger partial charge in [-0.3, -0.25) is 9.11 Å². The van der Waals surface area contributed by atoms with Crippen molar-refractivity contribution in [1.82, 2.24) is 20.0 Å². The molecule has 0 atom stereocenters. The first-order valence-corrected chi connectivity index (χ1v) is 4.95. The molecule has 0 saturated carbocycles. The van der Waals surface area contributed by atoms with Crippen LogP contribution in [0.5, 0.6) is 0 Å². The number of nitrogens with zero attached hydrogens (tertiary/aromatic N) is 4. The van der Waals surface area contributed by atoms with Crippen molar-refractivity contribution < 1.29 is 22.7 Å². The van der Waals surface area contributed by atoms with Crippen molar-refractivity contribution in [1.29, 1.82) is 0 Å². The van der Waals surface area contributed by atoms with E-state index in [4.69, 9.17) is 22.7 Å². The van der Waals surface area contributed by atoms with Gasteiger partial charge in [0, 0.05) is 6.20 Å². The molecule has 11 heteroatoms. The number of hydrogen-bond donors (Lipinski definition) is 4. The summed E-state index contributed by atoms with van der Waals surface area (Å²) < 4.78 is 33.2. The summed E-state index contributed by atoms with van der Waals surface area (Å²) in [6.07, 6.45) is 1.80. The summed E-state index contributed by atoms with van der Waals surface area (Å²) in [4.78, 5) is 0. The minimum Gasteiger partial charge on any atom is -0.320 e. The summed E-state index contributed by atoms with van der Waals surface area (Å²) in [5.74, 6) is 3.50. The monoisotopic (exact) mass is 251 g/mol. The average Bonchev–Trinajstić information content (AvgIpc) is 2.66. The second-order valence-corrected chi connectivity index (χ2v) is 3.03. The molecule has 0 radical (unpaired) electrons. The highest BCUT2D eigenvalue weighted by molar-refractivity contribution is 7.79. The summed E-state index contributed by atoms with van der Waals surface area (Å²) in [7, 11) is -4.67. The van der Waals surface area contributed by atoms with Crippen LogP contribution in [0.25, 0.3) is 5.65 Å². The van der Waals surface area contributed by atoms with Gasteiger partial charge in [-0.1, -0.05) is 6.07 Å². The van der Waals surface area contributed by atoms with Gasteiger partial charge in [-0.15, -0.1) is 5.10 Å². The third-order valence-electron chi connectivity index (χ3n) is 1.10. The van der Waals surface area contributed by atoms with Gasteiger partial charge >= 0.3 is 10.4 Å². The Morgan fingerprint density at radius 1 is 1.25 bits per heavy atom. The van der Waals surface area contributed by atoms with Gasteiger partial charge in [-0.05, 0) is 22.6 Å². The fraction of sp³-hybridized carbons (Fsp3) is 0. The molecule has 0 aliphatic rings. The molecule has 0 bridgehead atoms. The highest BCUT2D eigenvalue weighted by Gasteiger charge is 1.88. The third-order valence-corrected chi connectivity index (χ3v) is 1.10. The molecule has 10 nitrogen and oxygen atoms in total. The smallest absolute Gasteiger partial charge is 0.320 e. The van der Waals surface area contributed by atoms with Crippen LogP contribution >= 0.6 is 0 Å². The van der Waals surface area contributed by atoms with Crippen LogP contribution in [0.1, 0.15) is 0 Å². The molecule has 0 aliphatic carbocycles. The standard InChI is InChI=1S/C5H4N4.H3NO.H2O4S/c1-2-4-9-5(3-1)6-7-8-9;1-2;1-5(2,3)4/h1-4H;2H,1H2;(H2,1,2,3,4). The van der Waals surface area contributed by atoms with Gasteiger partial charge in [-0.25, -0.2) is 10.4 Å². The number of nitrogens with two attached hydrogens (primary N) is 1. The summed E-state index contributed by atoms with van der Waals surface area (Å²) >= 11 is 0. The normalized spacial score (nSPS) is 9.75. The zero-order valence-electron chi connectivity index (χ0n) is 7.74. The Hall–Kier alpha value is -1.66. The molecular weight excluding hydrogens is 242 g/mol. The number of rotatable bonds is 0. The van der Waals surface area contributed by atoms with Crippen molar-refractivity contribution in [2.45, 2.75) is 0 Å². The quantitative estimate of drug-likeness (QED) is 0.332. The van der Waals surface area contributed by atoms with Crippen molar-refractivity contribution in [3.8, 4) is 0 Å². The van der Waals surface area contributed by atoms with Crippen molar-refractivity contribution >= 4 is 16.0 Å². The second-order valence-electron chi connectivity index (χ2n) is 2.13. The first-order valence-electron chi connectivity index (χ1n) is 3.55. The van der Waals surface area contributed by atoms with Gasteiger partial charge in [0.2, 0.25) is 0 Å². The lowest BCUT2D eigenvalue weighted by Crippen LogP contribution is -1.89. The summed E-state index contributed by atoms with van der Waals surface area (Å²) in [6.45, 7) is 0. The van der Waals surface area contributed by atoms with Crippen LogP contribution in [-0.2, 0) is 10.4 Å². The SMILES string of the molecule is NO.O=S(=O)(O)O.c1ccn2nnnc2c1. The first kappa shape index (κ1) is 14.3. The van der Waals surface area contributed by atoms with Crippen molar-refractivity contribution in [2.24, 2.45) is 5.90 Å². The van der Waals surface area contributed by atoms with E-state index >= 15 is 0 Å². The van der Waals surface area contributed by atoms with Gasteiger partial charge in [-0.2, -0.15) is 8.42 Å². The van der Waals surface area contributed by atoms with Crippen molar-refractivity contribution in [3.63, 3.8) is 0 Å². The van der Waals surface area contributed by atoms with E-state index in [2.05, 4.69) is 21.4 Å². The minimum absolute atomic E-state index is 0.775. The summed E-state index contributed by atoms with van der Waals surface area (Å²) in [5, 5.41) is 17.4. The van der Waals surface area contributed by atoms with Gasteiger partial charge in [0.25, 0.3) is 0 Å². The Morgan fingerprint density at radius 3 is 2.31 bits per heavy atom. The molecular formula is C5H9N5O5S. The van der Waals surface area contributed by atoms with Crippen molar-refractivity contribution in [2.75, 3.05) is 0 Å². The maximum atomic E-state index is 8.74. The van der Waals surface area contributed by atoms with Crippen LogP contribution in [-0.4, -0.2) is 42.8 Å². The Morgan fingerprint density at radius 2 is 1.81 bits per heavy atom. The van der Waals surface area contributed by atoms with E-state index in [0.717, 1.165) is 5.65 Å². The Kier molecular flexibility index (Phi) is 6.06. The van der Waals surface area contributed by atoms with Crippen LogP contribution in [0.15, 0.2) is 24.4 Å². The third kappa shape index (κ3) is 6.74. The molecule has 2 heterocycles. The largest absolute Gasteiger partial charge is 0.394 e. The van der Waals surface area contributed by atoms with Crippen LogP contribution in [0.3, 0.4) is 0 Å². The predicted octanol–water partition coefficient (Wildman–Crippen LogP) is -1.19. The molecule has 0 spiro atoms. The lowest BCUT2D eigenvalue weighted by atomic mass is 10.5.